The van der Waals surface area contributed by atoms with E-state index in [1.165, 1.54) is 0 Å². The molecule has 0 spiro atoms. The van der Waals surface area contributed by atoms with Crippen molar-refractivity contribution in [3.63, 3.8) is 0 Å². The summed E-state index contributed by atoms with van der Waals surface area (Å²) < 4.78 is 13.3. The van der Waals surface area contributed by atoms with Gasteiger partial charge in [0.2, 0.25) is 0 Å². The summed E-state index contributed by atoms with van der Waals surface area (Å²) in [6.07, 6.45) is -0.209. The molecule has 1 rings (SSSR count). The molecule has 6 nitrogen and oxygen atoms in total. The summed E-state index contributed by atoms with van der Waals surface area (Å²) in [5.41, 5.74) is 4.87. The number of carboxylic acids is 1. The first-order valence-electron chi connectivity index (χ1n) is 4.33. The van der Waals surface area contributed by atoms with Crippen LogP contribution in [0.1, 0.15) is 5.56 Å². The Morgan fingerprint density at radius 1 is 1.62 bits per heavy atom. The van der Waals surface area contributed by atoms with Crippen molar-refractivity contribution in [1.82, 2.24) is 0 Å². The second-order valence-corrected chi connectivity index (χ2v) is 3.18. The van der Waals surface area contributed by atoms with E-state index in [4.69, 9.17) is 10.8 Å². The SMILES string of the molecule is N[C@@H](Cc1ccc([N+](=O)[O-])cc1F)C(=O)O. The van der Waals surface area contributed by atoms with E-state index < -0.39 is 22.8 Å². The van der Waals surface area contributed by atoms with Gasteiger partial charge in [-0.3, -0.25) is 14.9 Å². The fourth-order valence-corrected chi connectivity index (χ4v) is 1.14. The number of aliphatic carboxylic acids is 1. The fourth-order valence-electron chi connectivity index (χ4n) is 1.14. The topological polar surface area (TPSA) is 106 Å². The molecular weight excluding hydrogens is 219 g/mol. The molecule has 0 saturated carbocycles. The molecular formula is C9H9FN2O4. The zero-order valence-electron chi connectivity index (χ0n) is 8.09. The highest BCUT2D eigenvalue weighted by Crippen LogP contribution is 2.17. The van der Waals surface area contributed by atoms with Gasteiger partial charge in [0.15, 0.2) is 0 Å². The van der Waals surface area contributed by atoms with Crippen LogP contribution < -0.4 is 5.73 Å². The van der Waals surface area contributed by atoms with Crippen molar-refractivity contribution < 1.29 is 19.2 Å². The Labute approximate surface area is 89.6 Å². The third-order valence-corrected chi connectivity index (χ3v) is 2.00. The smallest absolute Gasteiger partial charge is 0.320 e. The number of nitrogens with two attached hydrogens (primary N) is 1. The second kappa shape index (κ2) is 4.67. The van der Waals surface area contributed by atoms with Gasteiger partial charge in [-0.25, -0.2) is 4.39 Å². The van der Waals surface area contributed by atoms with E-state index in [1.807, 2.05) is 0 Å². The lowest BCUT2D eigenvalue weighted by Crippen LogP contribution is -2.32. The number of hydrogen-bond donors (Lipinski definition) is 2. The maximum atomic E-state index is 13.3. The lowest BCUT2D eigenvalue weighted by Gasteiger charge is -2.06. The van der Waals surface area contributed by atoms with Crippen LogP contribution in [0.2, 0.25) is 0 Å². The fraction of sp³-hybridized carbons (Fsp3) is 0.222. The molecule has 0 radical (unpaired) electrons. The summed E-state index contributed by atoms with van der Waals surface area (Å²) >= 11 is 0. The van der Waals surface area contributed by atoms with Crippen molar-refractivity contribution in [3.05, 3.63) is 39.7 Å². The summed E-state index contributed by atoms with van der Waals surface area (Å²) in [4.78, 5) is 20.0. The Bertz CT molecular complexity index is 436. The Kier molecular flexibility index (Phi) is 3.51. The van der Waals surface area contributed by atoms with Crippen LogP contribution in [0.25, 0.3) is 0 Å². The van der Waals surface area contributed by atoms with Gasteiger partial charge >= 0.3 is 5.97 Å². The highest BCUT2D eigenvalue weighted by atomic mass is 19.1. The van der Waals surface area contributed by atoms with Crippen molar-refractivity contribution in [2.24, 2.45) is 5.73 Å². The number of carboxylic acid groups (broad SMARTS) is 1. The van der Waals surface area contributed by atoms with Crippen LogP contribution in [0.5, 0.6) is 0 Å². The third kappa shape index (κ3) is 2.74. The zero-order valence-corrected chi connectivity index (χ0v) is 8.09. The van der Waals surface area contributed by atoms with E-state index in [1.54, 1.807) is 0 Å². The molecule has 0 bridgehead atoms. The van der Waals surface area contributed by atoms with Gasteiger partial charge in [0.25, 0.3) is 5.69 Å². The van der Waals surface area contributed by atoms with Crippen LogP contribution in [0.4, 0.5) is 10.1 Å². The molecule has 1 atom stereocenters. The summed E-state index contributed by atoms with van der Waals surface area (Å²) in [6, 6.07) is 1.78. The molecule has 16 heavy (non-hydrogen) atoms. The molecule has 3 N–H and O–H groups in total. The largest absolute Gasteiger partial charge is 0.480 e. The van der Waals surface area contributed by atoms with Crippen molar-refractivity contribution in [3.8, 4) is 0 Å². The Hall–Kier alpha value is -2.02. The Morgan fingerprint density at radius 3 is 2.69 bits per heavy atom. The van der Waals surface area contributed by atoms with Gasteiger partial charge in [0.05, 0.1) is 11.0 Å². The van der Waals surface area contributed by atoms with Gasteiger partial charge < -0.3 is 10.8 Å². The summed E-state index contributed by atoms with van der Waals surface area (Å²) in [5, 5.41) is 18.8. The maximum Gasteiger partial charge on any atom is 0.320 e. The summed E-state index contributed by atoms with van der Waals surface area (Å²) in [6.45, 7) is 0. The molecule has 0 aliphatic rings. The van der Waals surface area contributed by atoms with Crippen LogP contribution in [-0.2, 0) is 11.2 Å². The predicted octanol–water partition coefficient (Wildman–Crippen LogP) is 0.688. The van der Waals surface area contributed by atoms with Gasteiger partial charge in [0.1, 0.15) is 11.9 Å². The van der Waals surface area contributed by atoms with E-state index in [0.717, 1.165) is 18.2 Å². The molecule has 0 aliphatic carbocycles. The molecule has 86 valence electrons. The number of nitrogens with zero attached hydrogens (tertiary/aromatic N) is 1. The number of hydrogen-bond acceptors (Lipinski definition) is 4. The molecule has 7 heteroatoms. The molecule has 0 amide bonds. The van der Waals surface area contributed by atoms with Crippen LogP contribution in [0.3, 0.4) is 0 Å². The third-order valence-electron chi connectivity index (χ3n) is 2.00. The maximum absolute atomic E-state index is 13.3. The number of halogens is 1. The van der Waals surface area contributed by atoms with Crippen molar-refractivity contribution in [2.75, 3.05) is 0 Å². The molecule has 0 aromatic heterocycles. The average Bonchev–Trinajstić information content (AvgIpc) is 2.20. The van der Waals surface area contributed by atoms with Crippen LogP contribution in [-0.4, -0.2) is 22.0 Å². The first-order valence-corrected chi connectivity index (χ1v) is 4.33. The van der Waals surface area contributed by atoms with E-state index in [0.29, 0.717) is 0 Å². The number of nitro benzene ring substituents is 1. The number of benzene rings is 1. The van der Waals surface area contributed by atoms with Gasteiger partial charge in [0, 0.05) is 12.5 Å². The molecule has 0 saturated heterocycles. The quantitative estimate of drug-likeness (QED) is 0.582. The normalized spacial score (nSPS) is 12.1. The summed E-state index contributed by atoms with van der Waals surface area (Å²) in [5.74, 6) is -2.08. The number of nitro groups is 1. The van der Waals surface area contributed by atoms with E-state index in [2.05, 4.69) is 0 Å². The Balaban J connectivity index is 2.91. The standard InChI is InChI=1S/C9H9FN2O4/c10-7-4-6(12(15)16)2-1-5(7)3-8(11)9(13)14/h1-2,4,8H,3,11H2,(H,13,14)/t8-/m0/s1. The van der Waals surface area contributed by atoms with Gasteiger partial charge in [-0.1, -0.05) is 0 Å². The molecule has 0 heterocycles. The monoisotopic (exact) mass is 228 g/mol. The van der Waals surface area contributed by atoms with E-state index in [9.17, 15) is 19.3 Å². The van der Waals surface area contributed by atoms with Gasteiger partial charge in [-0.15, -0.1) is 0 Å². The van der Waals surface area contributed by atoms with Crippen molar-refractivity contribution in [1.29, 1.82) is 0 Å². The predicted molar refractivity (Wildman–Crippen MR) is 52.4 cm³/mol. The van der Waals surface area contributed by atoms with E-state index >= 15 is 0 Å². The van der Waals surface area contributed by atoms with Crippen LogP contribution in [0.15, 0.2) is 18.2 Å². The molecule has 0 fully saturated rings. The molecule has 1 aromatic rings. The van der Waals surface area contributed by atoms with Crippen molar-refractivity contribution in [2.45, 2.75) is 12.5 Å². The zero-order chi connectivity index (χ0) is 12.3. The highest BCUT2D eigenvalue weighted by molar-refractivity contribution is 5.73. The van der Waals surface area contributed by atoms with Crippen molar-refractivity contribution >= 4 is 11.7 Å². The first-order chi connectivity index (χ1) is 7.41. The molecule has 1 aromatic carbocycles. The van der Waals surface area contributed by atoms with Gasteiger partial charge in [-0.2, -0.15) is 0 Å². The summed E-state index contributed by atoms with van der Waals surface area (Å²) in [7, 11) is 0. The minimum atomic E-state index is -1.25. The molecule has 0 aliphatic heterocycles. The minimum Gasteiger partial charge on any atom is -0.480 e. The lowest BCUT2D eigenvalue weighted by molar-refractivity contribution is -0.385. The first kappa shape index (κ1) is 12.1. The van der Waals surface area contributed by atoms with E-state index in [-0.39, 0.29) is 17.7 Å². The average molecular weight is 228 g/mol. The highest BCUT2D eigenvalue weighted by Gasteiger charge is 2.16. The van der Waals surface area contributed by atoms with Crippen LogP contribution in [0, 0.1) is 15.9 Å². The molecule has 0 unspecified atom stereocenters. The number of rotatable bonds is 4. The number of carbonyl (C=O) groups is 1. The van der Waals surface area contributed by atoms with Crippen LogP contribution >= 0.6 is 0 Å². The van der Waals surface area contributed by atoms with Gasteiger partial charge in [-0.05, 0) is 11.6 Å². The second-order valence-electron chi connectivity index (χ2n) is 3.18. The Morgan fingerprint density at radius 2 is 2.25 bits per heavy atom. The lowest BCUT2D eigenvalue weighted by atomic mass is 10.1. The minimum absolute atomic E-state index is 0.0421. The number of non-ortho nitro benzene ring substituents is 1.